The van der Waals surface area contributed by atoms with Crippen molar-refractivity contribution in [1.29, 1.82) is 5.26 Å². The third kappa shape index (κ3) is 6.13. The molecule has 0 aliphatic rings. The van der Waals surface area contributed by atoms with Crippen LogP contribution in [0.3, 0.4) is 0 Å². The summed E-state index contributed by atoms with van der Waals surface area (Å²) in [6.07, 6.45) is 4.83. The molecule has 0 saturated heterocycles. The van der Waals surface area contributed by atoms with Gasteiger partial charge in [0.25, 0.3) is 5.91 Å². The van der Waals surface area contributed by atoms with Crippen LogP contribution in [0.4, 0.5) is 5.69 Å². The van der Waals surface area contributed by atoms with Crippen molar-refractivity contribution in [1.82, 2.24) is 5.32 Å². The summed E-state index contributed by atoms with van der Waals surface area (Å²) in [5.41, 5.74) is 2.86. The first-order chi connectivity index (χ1) is 11.1. The molecule has 0 bridgehead atoms. The van der Waals surface area contributed by atoms with E-state index in [2.05, 4.69) is 10.6 Å². The molecule has 0 radical (unpaired) electrons. The van der Waals surface area contributed by atoms with E-state index >= 15 is 0 Å². The summed E-state index contributed by atoms with van der Waals surface area (Å²) in [5, 5.41) is 23.7. The van der Waals surface area contributed by atoms with Gasteiger partial charge in [0.2, 0.25) is 0 Å². The number of hydrogen-bond donors (Lipinski definition) is 3. The molecule has 0 heterocycles. The molecule has 5 heteroatoms. The number of anilines is 1. The fraction of sp³-hybridized carbons (Fsp3) is 0.444. The Hall–Kier alpha value is -2.32. The maximum Gasteiger partial charge on any atom is 0.267 e. The Labute approximate surface area is 138 Å². The number of rotatable bonds is 9. The molecule has 23 heavy (non-hydrogen) atoms. The van der Waals surface area contributed by atoms with Crippen LogP contribution in [0.25, 0.3) is 0 Å². The Morgan fingerprint density at radius 1 is 1.35 bits per heavy atom. The zero-order valence-electron chi connectivity index (χ0n) is 13.9. The normalized spacial score (nSPS) is 11.0. The van der Waals surface area contributed by atoms with Gasteiger partial charge in [0.1, 0.15) is 11.6 Å². The van der Waals surface area contributed by atoms with E-state index in [4.69, 9.17) is 10.4 Å². The van der Waals surface area contributed by atoms with E-state index in [0.29, 0.717) is 6.54 Å². The van der Waals surface area contributed by atoms with Crippen molar-refractivity contribution in [3.05, 3.63) is 41.1 Å². The van der Waals surface area contributed by atoms with E-state index < -0.39 is 5.91 Å². The highest BCUT2D eigenvalue weighted by atomic mass is 16.2. The van der Waals surface area contributed by atoms with Crippen molar-refractivity contribution >= 4 is 11.6 Å². The van der Waals surface area contributed by atoms with Gasteiger partial charge in [-0.15, -0.1) is 0 Å². The molecule has 0 fully saturated rings. The molecule has 0 unspecified atom stereocenters. The number of benzene rings is 1. The summed E-state index contributed by atoms with van der Waals surface area (Å²) < 4.78 is 0. The maximum atomic E-state index is 12.3. The average molecular weight is 315 g/mol. The standard InChI is InChI=1S/C18H25N3O2/c1-3-15-9-7-8-14(2)17(15)21-18(23)16(12-19)13-20-10-5-4-6-11-22/h7-9,13,20,22H,3-6,10-11H2,1-2H3,(H,21,23)/b16-13-. The Balaban J connectivity index is 2.66. The summed E-state index contributed by atoms with van der Waals surface area (Å²) in [7, 11) is 0. The first-order valence-corrected chi connectivity index (χ1v) is 7.98. The van der Waals surface area contributed by atoms with Gasteiger partial charge in [0, 0.05) is 25.0 Å². The lowest BCUT2D eigenvalue weighted by atomic mass is 10.1. The molecule has 124 valence electrons. The third-order valence-corrected chi connectivity index (χ3v) is 3.57. The zero-order valence-corrected chi connectivity index (χ0v) is 13.9. The number of para-hydroxylation sites is 1. The number of hydrogen-bond acceptors (Lipinski definition) is 4. The van der Waals surface area contributed by atoms with Gasteiger partial charge in [-0.25, -0.2) is 0 Å². The molecular weight excluding hydrogens is 290 g/mol. The summed E-state index contributed by atoms with van der Waals surface area (Å²) in [5.74, 6) is -0.403. The number of nitrogens with one attached hydrogen (secondary N) is 2. The summed E-state index contributed by atoms with van der Waals surface area (Å²) >= 11 is 0. The van der Waals surface area contributed by atoms with Gasteiger partial charge < -0.3 is 15.7 Å². The first-order valence-electron chi connectivity index (χ1n) is 7.98. The summed E-state index contributed by atoms with van der Waals surface area (Å²) in [4.78, 5) is 12.3. The highest BCUT2D eigenvalue weighted by Crippen LogP contribution is 2.21. The van der Waals surface area contributed by atoms with Crippen molar-refractivity contribution in [3.8, 4) is 6.07 Å². The van der Waals surface area contributed by atoms with Crippen molar-refractivity contribution in [2.24, 2.45) is 0 Å². The smallest absolute Gasteiger partial charge is 0.267 e. The Morgan fingerprint density at radius 3 is 2.78 bits per heavy atom. The van der Waals surface area contributed by atoms with E-state index in [1.165, 1.54) is 6.20 Å². The van der Waals surface area contributed by atoms with Crippen LogP contribution < -0.4 is 10.6 Å². The predicted octanol–water partition coefficient (Wildman–Crippen LogP) is 2.66. The van der Waals surface area contributed by atoms with Crippen LogP contribution in [0.2, 0.25) is 0 Å². The first kappa shape index (κ1) is 18.7. The van der Waals surface area contributed by atoms with Gasteiger partial charge in [0.05, 0.1) is 0 Å². The minimum absolute atomic E-state index is 0.0532. The number of nitriles is 1. The highest BCUT2D eigenvalue weighted by Gasteiger charge is 2.12. The van der Waals surface area contributed by atoms with Crippen LogP contribution >= 0.6 is 0 Å². The van der Waals surface area contributed by atoms with Crippen LogP contribution in [-0.2, 0) is 11.2 Å². The maximum absolute atomic E-state index is 12.3. The number of carbonyl (C=O) groups is 1. The van der Waals surface area contributed by atoms with Gasteiger partial charge in [-0.3, -0.25) is 4.79 Å². The van der Waals surface area contributed by atoms with E-state index in [1.807, 2.05) is 38.1 Å². The second kappa shape index (κ2) is 10.4. The van der Waals surface area contributed by atoms with E-state index in [1.54, 1.807) is 0 Å². The quantitative estimate of drug-likeness (QED) is 0.371. The van der Waals surface area contributed by atoms with E-state index in [9.17, 15) is 4.79 Å². The predicted molar refractivity (Wildman–Crippen MR) is 91.8 cm³/mol. The van der Waals surface area contributed by atoms with Gasteiger partial charge >= 0.3 is 0 Å². The van der Waals surface area contributed by atoms with Crippen molar-refractivity contribution in [3.63, 3.8) is 0 Å². The fourth-order valence-electron chi connectivity index (χ4n) is 2.22. The summed E-state index contributed by atoms with van der Waals surface area (Å²) in [6, 6.07) is 7.79. The topological polar surface area (TPSA) is 85.2 Å². The van der Waals surface area contributed by atoms with Crippen molar-refractivity contribution < 1.29 is 9.90 Å². The largest absolute Gasteiger partial charge is 0.396 e. The average Bonchev–Trinajstić information content (AvgIpc) is 2.56. The molecule has 3 N–H and O–H groups in total. The van der Waals surface area contributed by atoms with Crippen LogP contribution in [0, 0.1) is 18.3 Å². The van der Waals surface area contributed by atoms with Crippen LogP contribution in [0.5, 0.6) is 0 Å². The van der Waals surface area contributed by atoms with Gasteiger partial charge in [-0.05, 0) is 43.7 Å². The number of aliphatic hydroxyl groups excluding tert-OH is 1. The second-order valence-electron chi connectivity index (χ2n) is 5.32. The molecule has 0 saturated carbocycles. The Bertz CT molecular complexity index is 588. The lowest BCUT2D eigenvalue weighted by Crippen LogP contribution is -2.18. The molecule has 1 aromatic carbocycles. The number of nitrogens with zero attached hydrogens (tertiary/aromatic N) is 1. The molecule has 5 nitrogen and oxygen atoms in total. The number of unbranched alkanes of at least 4 members (excludes halogenated alkanes) is 2. The van der Waals surface area contributed by atoms with Crippen molar-refractivity contribution in [2.75, 3.05) is 18.5 Å². The second-order valence-corrected chi connectivity index (χ2v) is 5.32. The third-order valence-electron chi connectivity index (χ3n) is 3.57. The SMILES string of the molecule is CCc1cccc(C)c1NC(=O)/C(C#N)=C\NCCCCCO. The molecular formula is C18H25N3O2. The molecule has 1 rings (SSSR count). The van der Waals surface area contributed by atoms with Crippen molar-refractivity contribution in [2.45, 2.75) is 39.5 Å². The summed E-state index contributed by atoms with van der Waals surface area (Å²) in [6.45, 7) is 4.82. The lowest BCUT2D eigenvalue weighted by molar-refractivity contribution is -0.112. The van der Waals surface area contributed by atoms with Gasteiger partial charge in [-0.1, -0.05) is 25.1 Å². The Morgan fingerprint density at radius 2 is 2.13 bits per heavy atom. The Kier molecular flexibility index (Phi) is 8.48. The van der Waals surface area contributed by atoms with Crippen LogP contribution in [-0.4, -0.2) is 24.2 Å². The van der Waals surface area contributed by atoms with Gasteiger partial charge in [0.15, 0.2) is 0 Å². The molecule has 1 aromatic rings. The highest BCUT2D eigenvalue weighted by molar-refractivity contribution is 6.07. The lowest BCUT2D eigenvalue weighted by Gasteiger charge is -2.12. The number of aliphatic hydroxyl groups is 1. The zero-order chi connectivity index (χ0) is 17.1. The van der Waals surface area contributed by atoms with Gasteiger partial charge in [-0.2, -0.15) is 5.26 Å². The number of carbonyl (C=O) groups excluding carboxylic acids is 1. The minimum atomic E-state index is -0.403. The molecule has 0 aromatic heterocycles. The van der Waals surface area contributed by atoms with E-state index in [-0.39, 0.29) is 12.2 Å². The molecule has 1 amide bonds. The monoisotopic (exact) mass is 315 g/mol. The molecule has 0 aliphatic heterocycles. The molecule has 0 atom stereocenters. The molecule has 0 spiro atoms. The number of amides is 1. The fourth-order valence-corrected chi connectivity index (χ4v) is 2.22. The number of aryl methyl sites for hydroxylation is 2. The van der Waals surface area contributed by atoms with Crippen LogP contribution in [0.15, 0.2) is 30.0 Å². The van der Waals surface area contributed by atoms with E-state index in [0.717, 1.165) is 42.5 Å². The minimum Gasteiger partial charge on any atom is -0.396 e. The van der Waals surface area contributed by atoms with Crippen LogP contribution in [0.1, 0.15) is 37.3 Å². The molecule has 0 aliphatic carbocycles.